The van der Waals surface area contributed by atoms with Gasteiger partial charge in [0.25, 0.3) is 0 Å². The van der Waals surface area contributed by atoms with Crippen LogP contribution in [0, 0.1) is 0 Å². The summed E-state index contributed by atoms with van der Waals surface area (Å²) in [4.78, 5) is 11.8. The largest absolute Gasteiger partial charge is 0.326 e. The van der Waals surface area contributed by atoms with Crippen molar-refractivity contribution in [1.29, 1.82) is 0 Å². The van der Waals surface area contributed by atoms with Gasteiger partial charge in [-0.2, -0.15) is 0 Å². The molecule has 94 valence electrons. The van der Waals surface area contributed by atoms with Crippen molar-refractivity contribution in [2.24, 2.45) is 5.73 Å². The van der Waals surface area contributed by atoms with Crippen molar-refractivity contribution in [1.82, 2.24) is 0 Å². The Balaban J connectivity index is 2.60. The molecule has 0 unspecified atom stereocenters. The zero-order chi connectivity index (χ0) is 13.1. The first kappa shape index (κ1) is 14.5. The number of hydrogen-bond donors (Lipinski definition) is 1. The summed E-state index contributed by atoms with van der Waals surface area (Å²) in [5.41, 5.74) is 6.30. The summed E-state index contributed by atoms with van der Waals surface area (Å²) in [6, 6.07) is 5.32. The Morgan fingerprint density at radius 3 is 2.59 bits per heavy atom. The smallest absolute Gasteiger partial charge is 0.137 e. The lowest BCUT2D eigenvalue weighted by Gasteiger charge is -2.17. The third-order valence-corrected chi connectivity index (χ3v) is 3.33. The first-order valence-corrected chi connectivity index (χ1v) is 6.28. The highest BCUT2D eigenvalue weighted by Crippen LogP contribution is 2.26. The average Bonchev–Trinajstić information content (AvgIpc) is 2.21. The Kier molecular flexibility index (Phi) is 4.99. The van der Waals surface area contributed by atoms with E-state index < -0.39 is 0 Å². The van der Waals surface area contributed by atoms with Crippen LogP contribution in [0.5, 0.6) is 0 Å². The maximum absolute atomic E-state index is 11.8. The summed E-state index contributed by atoms with van der Waals surface area (Å²) in [6.07, 6.45) is 1.45. The molecule has 0 aromatic heterocycles. The van der Waals surface area contributed by atoms with E-state index >= 15 is 0 Å². The van der Waals surface area contributed by atoms with E-state index in [1.54, 1.807) is 12.1 Å². The number of carbonyl (C=O) groups is 1. The summed E-state index contributed by atoms with van der Waals surface area (Å²) in [5.74, 6) is 0.132. The topological polar surface area (TPSA) is 43.1 Å². The highest BCUT2D eigenvalue weighted by atomic mass is 35.5. The summed E-state index contributed by atoms with van der Waals surface area (Å²) in [7, 11) is 0. The second kappa shape index (κ2) is 5.85. The molecule has 0 bridgehead atoms. The van der Waals surface area contributed by atoms with Gasteiger partial charge < -0.3 is 5.73 Å². The summed E-state index contributed by atoms with van der Waals surface area (Å²) in [6.45, 7) is 3.82. The number of hydrogen-bond acceptors (Lipinski definition) is 2. The van der Waals surface area contributed by atoms with Crippen LogP contribution < -0.4 is 5.73 Å². The van der Waals surface area contributed by atoms with E-state index in [9.17, 15) is 4.79 Å². The summed E-state index contributed by atoms with van der Waals surface area (Å²) < 4.78 is 0. The standard InChI is InChI=1S/C13H17Cl2NO/c1-13(2,16)7-6-10(17)8-9-4-3-5-11(14)12(9)15/h3-5H,6-8,16H2,1-2H3. The fraction of sp³-hybridized carbons (Fsp3) is 0.462. The van der Waals surface area contributed by atoms with Gasteiger partial charge in [-0.25, -0.2) is 0 Å². The third kappa shape index (κ3) is 5.07. The van der Waals surface area contributed by atoms with Crippen molar-refractivity contribution < 1.29 is 4.79 Å². The summed E-state index contributed by atoms with van der Waals surface area (Å²) >= 11 is 11.9. The van der Waals surface area contributed by atoms with Crippen LogP contribution in [0.15, 0.2) is 18.2 Å². The molecule has 4 heteroatoms. The molecule has 1 aromatic rings. The molecule has 0 spiro atoms. The molecule has 0 aliphatic carbocycles. The van der Waals surface area contributed by atoms with Crippen molar-refractivity contribution in [2.45, 2.75) is 38.6 Å². The van der Waals surface area contributed by atoms with E-state index in [1.165, 1.54) is 0 Å². The quantitative estimate of drug-likeness (QED) is 0.891. The van der Waals surface area contributed by atoms with Gasteiger partial charge in [-0.05, 0) is 31.9 Å². The van der Waals surface area contributed by atoms with Gasteiger partial charge in [-0.3, -0.25) is 4.79 Å². The van der Waals surface area contributed by atoms with Crippen molar-refractivity contribution in [3.05, 3.63) is 33.8 Å². The normalized spacial score (nSPS) is 11.6. The molecular formula is C13H17Cl2NO. The van der Waals surface area contributed by atoms with Crippen molar-refractivity contribution in [3.63, 3.8) is 0 Å². The Hall–Kier alpha value is -0.570. The molecule has 0 saturated carbocycles. The minimum absolute atomic E-state index is 0.132. The maximum atomic E-state index is 11.8. The van der Waals surface area contributed by atoms with Crippen LogP contribution in [0.3, 0.4) is 0 Å². The number of Topliss-reactive ketones (excluding diaryl/α,β-unsaturated/α-hetero) is 1. The van der Waals surface area contributed by atoms with E-state index in [0.29, 0.717) is 29.3 Å². The Labute approximate surface area is 112 Å². The van der Waals surface area contributed by atoms with Crippen LogP contribution in [-0.4, -0.2) is 11.3 Å². The number of halogens is 2. The molecule has 0 aliphatic rings. The fourth-order valence-corrected chi connectivity index (χ4v) is 1.83. The average molecular weight is 274 g/mol. The molecule has 0 fully saturated rings. The van der Waals surface area contributed by atoms with Gasteiger partial charge in [0, 0.05) is 18.4 Å². The maximum Gasteiger partial charge on any atom is 0.137 e. The van der Waals surface area contributed by atoms with Crippen LogP contribution in [0.25, 0.3) is 0 Å². The van der Waals surface area contributed by atoms with Crippen LogP contribution in [-0.2, 0) is 11.2 Å². The molecule has 0 aliphatic heterocycles. The molecule has 0 heterocycles. The van der Waals surface area contributed by atoms with E-state index in [0.717, 1.165) is 5.56 Å². The number of benzene rings is 1. The van der Waals surface area contributed by atoms with Gasteiger partial charge in [0.2, 0.25) is 0 Å². The predicted octanol–water partition coefficient (Wildman–Crippen LogP) is 3.62. The number of ketones is 1. The van der Waals surface area contributed by atoms with Crippen molar-refractivity contribution >= 4 is 29.0 Å². The third-order valence-electron chi connectivity index (χ3n) is 2.47. The van der Waals surface area contributed by atoms with Crippen molar-refractivity contribution in [2.75, 3.05) is 0 Å². The monoisotopic (exact) mass is 273 g/mol. The van der Waals surface area contributed by atoms with E-state index in [-0.39, 0.29) is 11.3 Å². The van der Waals surface area contributed by atoms with Gasteiger partial charge >= 0.3 is 0 Å². The zero-order valence-electron chi connectivity index (χ0n) is 10.1. The molecule has 1 aromatic carbocycles. The lowest BCUT2D eigenvalue weighted by atomic mass is 9.96. The zero-order valence-corrected chi connectivity index (χ0v) is 11.6. The minimum Gasteiger partial charge on any atom is -0.326 e. The highest BCUT2D eigenvalue weighted by Gasteiger charge is 2.14. The molecule has 2 N–H and O–H groups in total. The van der Waals surface area contributed by atoms with Gasteiger partial charge in [0.05, 0.1) is 10.0 Å². The fourth-order valence-electron chi connectivity index (χ4n) is 1.45. The lowest BCUT2D eigenvalue weighted by Crippen LogP contribution is -2.32. The van der Waals surface area contributed by atoms with Crippen LogP contribution in [0.1, 0.15) is 32.3 Å². The van der Waals surface area contributed by atoms with Crippen molar-refractivity contribution in [3.8, 4) is 0 Å². The van der Waals surface area contributed by atoms with Gasteiger partial charge in [0.15, 0.2) is 0 Å². The Morgan fingerprint density at radius 2 is 2.00 bits per heavy atom. The van der Waals surface area contributed by atoms with E-state index in [1.807, 2.05) is 19.9 Å². The van der Waals surface area contributed by atoms with E-state index in [2.05, 4.69) is 0 Å². The minimum atomic E-state index is -0.312. The summed E-state index contributed by atoms with van der Waals surface area (Å²) in [5, 5.41) is 0.950. The molecule has 2 nitrogen and oxygen atoms in total. The number of nitrogens with two attached hydrogens (primary N) is 1. The first-order valence-electron chi connectivity index (χ1n) is 5.53. The number of carbonyl (C=O) groups excluding carboxylic acids is 1. The first-order chi connectivity index (χ1) is 7.79. The van der Waals surface area contributed by atoms with Crippen LogP contribution in [0.4, 0.5) is 0 Å². The molecule has 1 rings (SSSR count). The molecule has 0 saturated heterocycles. The molecule has 0 amide bonds. The Morgan fingerprint density at radius 1 is 1.35 bits per heavy atom. The lowest BCUT2D eigenvalue weighted by molar-refractivity contribution is -0.118. The molecule has 17 heavy (non-hydrogen) atoms. The second-order valence-electron chi connectivity index (χ2n) is 4.92. The number of rotatable bonds is 5. The van der Waals surface area contributed by atoms with Crippen LogP contribution >= 0.6 is 23.2 Å². The molecule has 0 radical (unpaired) electrons. The highest BCUT2D eigenvalue weighted by molar-refractivity contribution is 6.42. The van der Waals surface area contributed by atoms with Gasteiger partial charge in [-0.15, -0.1) is 0 Å². The van der Waals surface area contributed by atoms with Gasteiger partial charge in [-0.1, -0.05) is 35.3 Å². The molecular weight excluding hydrogens is 257 g/mol. The SMILES string of the molecule is CC(C)(N)CCC(=O)Cc1cccc(Cl)c1Cl. The van der Waals surface area contributed by atoms with Gasteiger partial charge in [0.1, 0.15) is 5.78 Å². The second-order valence-corrected chi connectivity index (χ2v) is 5.70. The predicted molar refractivity (Wildman–Crippen MR) is 72.7 cm³/mol. The van der Waals surface area contributed by atoms with Crippen LogP contribution in [0.2, 0.25) is 10.0 Å². The van der Waals surface area contributed by atoms with E-state index in [4.69, 9.17) is 28.9 Å². The Bertz CT molecular complexity index is 410. The molecule has 0 atom stereocenters.